The van der Waals surface area contributed by atoms with Crippen LogP contribution in [0.15, 0.2) is 12.3 Å². The summed E-state index contributed by atoms with van der Waals surface area (Å²) in [5.41, 5.74) is 0.518. The van der Waals surface area contributed by atoms with Gasteiger partial charge in [0.2, 0.25) is 5.91 Å². The average Bonchev–Trinajstić information content (AvgIpc) is 3.10. The third-order valence-electron chi connectivity index (χ3n) is 5.60. The van der Waals surface area contributed by atoms with Crippen molar-refractivity contribution >= 4 is 11.8 Å². The van der Waals surface area contributed by atoms with Crippen molar-refractivity contribution in [2.45, 2.75) is 44.2 Å². The van der Waals surface area contributed by atoms with Crippen molar-refractivity contribution in [3.05, 3.63) is 18.0 Å². The Balaban J connectivity index is 1.36. The predicted molar refractivity (Wildman–Crippen MR) is 86.2 cm³/mol. The third kappa shape index (κ3) is 3.05. The molecule has 2 N–H and O–H groups in total. The lowest BCUT2D eigenvalue weighted by Gasteiger charge is -2.43. The largest absolute Gasteiger partial charge is 0.377 e. The second-order valence-electron chi connectivity index (χ2n) is 7.21. The van der Waals surface area contributed by atoms with Crippen LogP contribution >= 0.6 is 0 Å². The highest BCUT2D eigenvalue weighted by molar-refractivity contribution is 5.92. The summed E-state index contributed by atoms with van der Waals surface area (Å²) in [5.74, 6) is 0.243. The zero-order chi connectivity index (χ0) is 16.5. The highest BCUT2D eigenvalue weighted by atomic mass is 16.5. The van der Waals surface area contributed by atoms with Gasteiger partial charge >= 0.3 is 0 Å². The molecule has 1 aromatic rings. The lowest BCUT2D eigenvalue weighted by atomic mass is 9.82. The normalized spacial score (nSPS) is 30.3. The number of carbonyl (C=O) groups is 2. The van der Waals surface area contributed by atoms with Crippen molar-refractivity contribution in [2.24, 2.45) is 11.8 Å². The summed E-state index contributed by atoms with van der Waals surface area (Å²) in [6, 6.07) is 2.06. The van der Waals surface area contributed by atoms with E-state index in [9.17, 15) is 9.59 Å². The average molecular weight is 332 g/mol. The van der Waals surface area contributed by atoms with Gasteiger partial charge < -0.3 is 15.0 Å². The summed E-state index contributed by atoms with van der Waals surface area (Å²) in [7, 11) is 0. The number of nitrogens with zero attached hydrogens (tertiary/aromatic N) is 2. The monoisotopic (exact) mass is 332 g/mol. The molecule has 0 spiro atoms. The first-order valence-electron chi connectivity index (χ1n) is 8.91. The summed E-state index contributed by atoms with van der Waals surface area (Å²) in [5, 5.41) is 9.70. The molecule has 3 fully saturated rings. The molecule has 24 heavy (non-hydrogen) atoms. The van der Waals surface area contributed by atoms with E-state index in [0.29, 0.717) is 31.4 Å². The molecule has 1 aromatic heterocycles. The maximum atomic E-state index is 12.5. The minimum Gasteiger partial charge on any atom is -0.377 e. The van der Waals surface area contributed by atoms with Gasteiger partial charge in [0.1, 0.15) is 5.69 Å². The number of nitrogens with one attached hydrogen (secondary N) is 2. The Labute approximate surface area is 141 Å². The van der Waals surface area contributed by atoms with Crippen LogP contribution < -0.4 is 5.32 Å². The zero-order valence-corrected chi connectivity index (χ0v) is 13.7. The molecule has 2 aliphatic heterocycles. The highest BCUT2D eigenvalue weighted by Gasteiger charge is 2.40. The molecule has 7 nitrogen and oxygen atoms in total. The first kappa shape index (κ1) is 15.6. The highest BCUT2D eigenvalue weighted by Crippen LogP contribution is 2.32. The van der Waals surface area contributed by atoms with Crippen molar-refractivity contribution in [1.29, 1.82) is 0 Å². The molecule has 0 aromatic carbocycles. The van der Waals surface area contributed by atoms with Crippen LogP contribution in [-0.4, -0.2) is 58.8 Å². The molecule has 2 saturated heterocycles. The number of piperidine rings is 1. The van der Waals surface area contributed by atoms with E-state index in [4.69, 9.17) is 4.74 Å². The number of ether oxygens (including phenoxy) is 1. The quantitative estimate of drug-likeness (QED) is 0.862. The maximum absolute atomic E-state index is 12.5. The summed E-state index contributed by atoms with van der Waals surface area (Å²) in [6.45, 7) is 1.85. The van der Waals surface area contributed by atoms with Crippen molar-refractivity contribution in [2.75, 3.05) is 19.7 Å². The van der Waals surface area contributed by atoms with Gasteiger partial charge in [-0.05, 0) is 38.2 Å². The minimum atomic E-state index is -0.0888. The van der Waals surface area contributed by atoms with E-state index in [1.807, 2.05) is 4.90 Å². The fourth-order valence-corrected chi connectivity index (χ4v) is 3.91. The van der Waals surface area contributed by atoms with Gasteiger partial charge in [0.05, 0.1) is 18.6 Å². The van der Waals surface area contributed by atoms with Crippen LogP contribution in [0.25, 0.3) is 0 Å². The smallest absolute Gasteiger partial charge is 0.271 e. The summed E-state index contributed by atoms with van der Waals surface area (Å²) >= 11 is 0. The minimum absolute atomic E-state index is 0.0213. The summed E-state index contributed by atoms with van der Waals surface area (Å²) in [4.78, 5) is 26.7. The van der Waals surface area contributed by atoms with Gasteiger partial charge in [-0.3, -0.25) is 14.7 Å². The SMILES string of the molecule is O=C(NC1CCC1)[C@@H]1CO[C@@H]2CCN(C(=O)c3ccn[nH]3)C[C@@H]2C1. The van der Waals surface area contributed by atoms with Crippen LogP contribution in [0.3, 0.4) is 0 Å². The lowest BCUT2D eigenvalue weighted by molar-refractivity contribution is -0.139. The second-order valence-corrected chi connectivity index (χ2v) is 7.21. The molecule has 3 aliphatic rings. The van der Waals surface area contributed by atoms with Crippen LogP contribution in [0.1, 0.15) is 42.6 Å². The van der Waals surface area contributed by atoms with Crippen molar-refractivity contribution in [1.82, 2.24) is 20.4 Å². The fraction of sp³-hybridized carbons (Fsp3) is 0.706. The van der Waals surface area contributed by atoms with E-state index in [0.717, 1.165) is 25.7 Å². The molecule has 2 amide bonds. The molecule has 4 rings (SSSR count). The van der Waals surface area contributed by atoms with E-state index in [1.54, 1.807) is 12.3 Å². The molecule has 0 unspecified atom stereocenters. The summed E-state index contributed by atoms with van der Waals surface area (Å²) < 4.78 is 5.95. The fourth-order valence-electron chi connectivity index (χ4n) is 3.91. The van der Waals surface area contributed by atoms with Gasteiger partial charge in [0, 0.05) is 31.2 Å². The number of likely N-dealkylation sites (tertiary alicyclic amines) is 1. The number of H-pyrrole nitrogens is 1. The Morgan fingerprint density at radius 2 is 2.21 bits per heavy atom. The van der Waals surface area contributed by atoms with E-state index in [2.05, 4.69) is 15.5 Å². The third-order valence-corrected chi connectivity index (χ3v) is 5.60. The van der Waals surface area contributed by atoms with Gasteiger partial charge in [0.15, 0.2) is 0 Å². The molecule has 7 heteroatoms. The van der Waals surface area contributed by atoms with Crippen LogP contribution in [0.2, 0.25) is 0 Å². The van der Waals surface area contributed by atoms with Crippen molar-refractivity contribution in [3.63, 3.8) is 0 Å². The van der Waals surface area contributed by atoms with Crippen molar-refractivity contribution < 1.29 is 14.3 Å². The van der Waals surface area contributed by atoms with Gasteiger partial charge in [0.25, 0.3) is 5.91 Å². The standard InChI is InChI=1S/C17H24N4O3/c22-16(19-13-2-1-3-13)12-8-11-9-21(7-5-15(11)24-10-12)17(23)14-4-6-18-20-14/h4,6,11-13,15H,1-3,5,7-10H2,(H,18,20)(H,19,22)/t11-,12-,15+/m0/s1. The molecular weight excluding hydrogens is 308 g/mol. The topological polar surface area (TPSA) is 87.3 Å². The Morgan fingerprint density at radius 3 is 2.92 bits per heavy atom. The van der Waals surface area contributed by atoms with Crippen LogP contribution in [0, 0.1) is 11.8 Å². The van der Waals surface area contributed by atoms with Crippen LogP contribution in [0.5, 0.6) is 0 Å². The predicted octanol–water partition coefficient (Wildman–Crippen LogP) is 0.946. The van der Waals surface area contributed by atoms with Gasteiger partial charge in [-0.15, -0.1) is 0 Å². The molecule has 3 heterocycles. The number of rotatable bonds is 3. The number of fused-ring (bicyclic) bond motifs is 1. The maximum Gasteiger partial charge on any atom is 0.271 e. The number of aromatic amines is 1. The Bertz CT molecular complexity index is 599. The number of hydrogen-bond donors (Lipinski definition) is 2. The number of carbonyl (C=O) groups excluding carboxylic acids is 2. The van der Waals surface area contributed by atoms with Gasteiger partial charge in [-0.2, -0.15) is 5.10 Å². The zero-order valence-electron chi connectivity index (χ0n) is 13.7. The number of aromatic nitrogens is 2. The molecule has 0 radical (unpaired) electrons. The van der Waals surface area contributed by atoms with Gasteiger partial charge in [-0.25, -0.2) is 0 Å². The molecule has 0 bridgehead atoms. The van der Waals surface area contributed by atoms with E-state index in [1.165, 1.54) is 6.42 Å². The first-order chi connectivity index (χ1) is 11.7. The molecule has 3 atom stereocenters. The van der Waals surface area contributed by atoms with E-state index >= 15 is 0 Å². The first-order valence-corrected chi connectivity index (χ1v) is 8.91. The van der Waals surface area contributed by atoms with Gasteiger partial charge in [-0.1, -0.05) is 0 Å². The number of amides is 2. The Kier molecular flexibility index (Phi) is 4.26. The molecule has 1 aliphatic carbocycles. The van der Waals surface area contributed by atoms with Crippen LogP contribution in [0.4, 0.5) is 0 Å². The second kappa shape index (κ2) is 6.55. The summed E-state index contributed by atoms with van der Waals surface area (Å²) in [6.07, 6.45) is 6.79. The number of hydrogen-bond acceptors (Lipinski definition) is 4. The van der Waals surface area contributed by atoms with Crippen LogP contribution in [-0.2, 0) is 9.53 Å². The Morgan fingerprint density at radius 1 is 1.33 bits per heavy atom. The van der Waals surface area contributed by atoms with Crippen molar-refractivity contribution in [3.8, 4) is 0 Å². The molecule has 130 valence electrons. The molecule has 1 saturated carbocycles. The molecular formula is C17H24N4O3. The van der Waals surface area contributed by atoms with E-state index < -0.39 is 0 Å². The Hall–Kier alpha value is -1.89. The lowest BCUT2D eigenvalue weighted by Crippen LogP contribution is -2.53. The van der Waals surface area contributed by atoms with E-state index in [-0.39, 0.29) is 29.8 Å².